The van der Waals surface area contributed by atoms with Crippen LogP contribution in [-0.2, 0) is 0 Å². The molecule has 0 spiro atoms. The largest absolute Gasteiger partial charge is 0.493 e. The molecule has 0 aromatic heterocycles. The third-order valence-electron chi connectivity index (χ3n) is 17.6. The molecule has 0 bridgehead atoms. The highest BCUT2D eigenvalue weighted by atomic mass is 15.2. The predicted octanol–water partition coefficient (Wildman–Crippen LogP) is 27.1. The van der Waals surface area contributed by atoms with Gasteiger partial charge in [0.25, 0.3) is 0 Å². The molecular weight excluding hydrogens is 1020 g/mol. The van der Waals surface area contributed by atoms with Crippen LogP contribution >= 0.6 is 0 Å². The lowest BCUT2D eigenvalue weighted by Gasteiger charge is -2.11. The maximum Gasteiger partial charge on any atom is 0.211 e. The Morgan fingerprint density at radius 2 is 0.471 bits per heavy atom. The SMILES string of the molecule is CCCC#Cc1cc(C#CCCC)cc(C2=C(CCCC)C(CCCCC)=C(c3cc(C#CCCCCCCCCCCCCCCCCCCCCCC)cc(C#CCCCCCCCCCCCCCCCCCCCCCC)c3)[N+]2=[N-])c1. The molecule has 2 aromatic carbocycles. The van der Waals surface area contributed by atoms with Crippen LogP contribution in [0.4, 0.5) is 0 Å². The average Bonchev–Trinajstić information content (AvgIpc) is 3.94. The summed E-state index contributed by atoms with van der Waals surface area (Å²) in [5.41, 5.74) is 23.0. The number of nitrogens with zero attached hydrogens (tertiary/aromatic N) is 2. The van der Waals surface area contributed by atoms with Gasteiger partial charge in [0.1, 0.15) is 0 Å². The van der Waals surface area contributed by atoms with Gasteiger partial charge in [-0.1, -0.05) is 352 Å². The van der Waals surface area contributed by atoms with Gasteiger partial charge in [0.15, 0.2) is 0 Å². The molecule has 0 unspecified atom stereocenters. The van der Waals surface area contributed by atoms with Crippen molar-refractivity contribution in [2.45, 2.75) is 382 Å². The average molecular weight is 1160 g/mol. The number of unbranched alkanes of at least 4 members (excludes halogenated alkanes) is 45. The van der Waals surface area contributed by atoms with Crippen molar-refractivity contribution in [2.24, 2.45) is 0 Å². The van der Waals surface area contributed by atoms with Gasteiger partial charge < -0.3 is 5.53 Å². The highest BCUT2D eigenvalue weighted by molar-refractivity contribution is 5.83. The Morgan fingerprint density at radius 3 is 0.729 bits per heavy atom. The Hall–Kier alpha value is -4.24. The molecule has 85 heavy (non-hydrogen) atoms. The Kier molecular flexibility index (Phi) is 47.6. The molecule has 0 radical (unpaired) electrons. The van der Waals surface area contributed by atoms with Gasteiger partial charge in [-0.2, -0.15) is 0 Å². The predicted molar refractivity (Wildman–Crippen MR) is 377 cm³/mol. The van der Waals surface area contributed by atoms with E-state index in [9.17, 15) is 5.53 Å². The van der Waals surface area contributed by atoms with Crippen molar-refractivity contribution in [1.29, 1.82) is 0 Å². The molecule has 0 aliphatic carbocycles. The monoisotopic (exact) mass is 1160 g/mol. The molecule has 2 nitrogen and oxygen atoms in total. The lowest BCUT2D eigenvalue weighted by Crippen LogP contribution is -2.04. The summed E-state index contributed by atoms with van der Waals surface area (Å²) in [5, 5.41) is 0. The summed E-state index contributed by atoms with van der Waals surface area (Å²) in [6.07, 6.45) is 68.7. The van der Waals surface area contributed by atoms with E-state index in [0.29, 0.717) is 0 Å². The van der Waals surface area contributed by atoms with Gasteiger partial charge in [-0.3, -0.25) is 0 Å². The van der Waals surface area contributed by atoms with Gasteiger partial charge in [0, 0.05) is 70.2 Å². The first-order valence-corrected chi connectivity index (χ1v) is 37.2. The minimum Gasteiger partial charge on any atom is -0.493 e. The summed E-state index contributed by atoms with van der Waals surface area (Å²) in [6, 6.07) is 13.2. The van der Waals surface area contributed by atoms with Gasteiger partial charge in [0.05, 0.1) is 0 Å². The topological polar surface area (TPSA) is 25.3 Å². The van der Waals surface area contributed by atoms with Crippen LogP contribution in [0.25, 0.3) is 16.9 Å². The fourth-order valence-electron chi connectivity index (χ4n) is 12.4. The molecule has 0 atom stereocenters. The van der Waals surface area contributed by atoms with Gasteiger partial charge in [-0.05, 0) is 87.8 Å². The first-order valence-electron chi connectivity index (χ1n) is 37.2. The fourth-order valence-corrected chi connectivity index (χ4v) is 12.4. The lowest BCUT2D eigenvalue weighted by molar-refractivity contribution is -0.345. The van der Waals surface area contributed by atoms with Gasteiger partial charge in [-0.15, -0.1) is 0 Å². The van der Waals surface area contributed by atoms with E-state index in [1.807, 2.05) is 0 Å². The fraction of sp³-hybridized carbons (Fsp3) is 0.711. The van der Waals surface area contributed by atoms with Crippen molar-refractivity contribution < 1.29 is 4.70 Å². The van der Waals surface area contributed by atoms with Crippen molar-refractivity contribution in [3.05, 3.63) is 86.5 Å². The molecule has 0 amide bonds. The van der Waals surface area contributed by atoms with E-state index >= 15 is 0 Å². The second-order valence-corrected chi connectivity index (χ2v) is 25.8. The van der Waals surface area contributed by atoms with Crippen LogP contribution in [0.3, 0.4) is 0 Å². The zero-order valence-electron chi connectivity index (χ0n) is 56.8. The van der Waals surface area contributed by atoms with Crippen molar-refractivity contribution in [3.8, 4) is 47.4 Å². The molecule has 1 heterocycles. The van der Waals surface area contributed by atoms with Crippen LogP contribution in [-0.4, -0.2) is 4.70 Å². The maximum atomic E-state index is 12.8. The van der Waals surface area contributed by atoms with Gasteiger partial charge in [0.2, 0.25) is 11.4 Å². The Bertz CT molecular complexity index is 2240. The highest BCUT2D eigenvalue weighted by Gasteiger charge is 2.36. The van der Waals surface area contributed by atoms with E-state index in [0.717, 1.165) is 141 Å². The summed E-state index contributed by atoms with van der Waals surface area (Å²) in [5.74, 6) is 28.2. The first-order chi connectivity index (χ1) is 42.0. The molecule has 0 saturated heterocycles. The first kappa shape index (κ1) is 75.0. The lowest BCUT2D eigenvalue weighted by atomic mass is 9.91. The number of benzene rings is 2. The summed E-state index contributed by atoms with van der Waals surface area (Å²) in [4.78, 5) is 0. The van der Waals surface area contributed by atoms with Gasteiger partial charge >= 0.3 is 0 Å². The summed E-state index contributed by atoms with van der Waals surface area (Å²) < 4.78 is 1.54. The summed E-state index contributed by atoms with van der Waals surface area (Å²) >= 11 is 0. The molecule has 2 heteroatoms. The van der Waals surface area contributed by atoms with Crippen LogP contribution in [0, 0.1) is 47.4 Å². The van der Waals surface area contributed by atoms with Crippen molar-refractivity contribution in [3.63, 3.8) is 0 Å². The summed E-state index contributed by atoms with van der Waals surface area (Å²) in [7, 11) is 0. The minimum atomic E-state index is 0.856. The molecule has 3 rings (SSSR count). The molecular formula is C83H130N2. The smallest absolute Gasteiger partial charge is 0.211 e. The molecule has 1 aliphatic rings. The standard InChI is InChI=1S/C83H130N2/c1-7-13-19-21-23-25-27-29-31-33-35-37-39-41-43-45-47-49-51-53-55-60-64-76-69-77(65-61-56-54-52-50-48-46-44-42-40-38-36-34-32-30-28-26-24-22-20-14-8-2)73-79(72-76)83-81(67-59-17-11-5)80(66-18-12-6)82(85(83)84)78-70-74(62-57-15-9-3)68-75(71-78)63-58-16-10-4/h68-73H,7-56,59,66-67H2,1-6H3. The van der Waals surface area contributed by atoms with Crippen molar-refractivity contribution >= 4 is 11.4 Å². The number of rotatable bonds is 51. The normalized spacial score (nSPS) is 12.0. The quantitative estimate of drug-likeness (QED) is 0.0358. The van der Waals surface area contributed by atoms with Crippen molar-refractivity contribution in [2.75, 3.05) is 0 Å². The van der Waals surface area contributed by atoms with E-state index in [2.05, 4.69) is 125 Å². The molecule has 0 saturated carbocycles. The maximum absolute atomic E-state index is 12.8. The Morgan fingerprint density at radius 1 is 0.247 bits per heavy atom. The third kappa shape index (κ3) is 36.6. The van der Waals surface area contributed by atoms with Crippen LogP contribution in [0.15, 0.2) is 47.5 Å². The van der Waals surface area contributed by atoms with Crippen molar-refractivity contribution in [1.82, 2.24) is 0 Å². The van der Waals surface area contributed by atoms with E-state index in [-0.39, 0.29) is 0 Å². The van der Waals surface area contributed by atoms with E-state index in [1.165, 1.54) is 260 Å². The van der Waals surface area contributed by atoms with Crippen LogP contribution in [0.5, 0.6) is 0 Å². The molecule has 0 N–H and O–H groups in total. The second kappa shape index (κ2) is 54.0. The van der Waals surface area contributed by atoms with E-state index < -0.39 is 0 Å². The third-order valence-corrected chi connectivity index (χ3v) is 17.6. The molecule has 472 valence electrons. The number of hydrogen-bond donors (Lipinski definition) is 0. The number of hydrogen-bond acceptors (Lipinski definition) is 0. The second-order valence-electron chi connectivity index (χ2n) is 25.8. The van der Waals surface area contributed by atoms with Crippen LogP contribution in [0.2, 0.25) is 0 Å². The van der Waals surface area contributed by atoms with E-state index in [4.69, 9.17) is 0 Å². The van der Waals surface area contributed by atoms with Gasteiger partial charge in [-0.25, -0.2) is 4.70 Å². The van der Waals surface area contributed by atoms with E-state index in [1.54, 1.807) is 0 Å². The zero-order valence-corrected chi connectivity index (χ0v) is 56.8. The Balaban J connectivity index is 1.67. The molecule has 1 aliphatic heterocycles. The number of allylic oxidation sites excluding steroid dienone is 2. The Labute approximate surface area is 528 Å². The molecule has 0 fully saturated rings. The minimum absolute atomic E-state index is 0.856. The summed E-state index contributed by atoms with van der Waals surface area (Å²) in [6.45, 7) is 13.5. The van der Waals surface area contributed by atoms with Crippen LogP contribution < -0.4 is 0 Å². The van der Waals surface area contributed by atoms with Crippen LogP contribution in [0.1, 0.15) is 415 Å². The highest BCUT2D eigenvalue weighted by Crippen LogP contribution is 2.45. The zero-order chi connectivity index (χ0) is 60.7. The molecule has 2 aromatic rings.